The first-order chi connectivity index (χ1) is 17.9. The third-order valence-corrected chi connectivity index (χ3v) is 11.8. The summed E-state index contributed by atoms with van der Waals surface area (Å²) in [6.45, 7) is 13.5. The molecule has 7 heteroatoms. The molecule has 0 saturated heterocycles. The predicted octanol–water partition coefficient (Wildman–Crippen LogP) is 7.54. The Bertz CT molecular complexity index is 853. The van der Waals surface area contributed by atoms with E-state index in [0.717, 1.165) is 48.3 Å². The van der Waals surface area contributed by atoms with Crippen LogP contribution >= 0.6 is 7.82 Å². The van der Waals surface area contributed by atoms with Gasteiger partial charge in [-0.1, -0.05) is 65.5 Å². The quantitative estimate of drug-likeness (QED) is 0.139. The summed E-state index contributed by atoms with van der Waals surface area (Å²) in [5.74, 6) is 5.18. The molecule has 0 spiro atoms. The Hall–Kier alpha value is -0.230. The highest BCUT2D eigenvalue weighted by molar-refractivity contribution is 7.46. The first-order valence-electron chi connectivity index (χ1n) is 15.5. The van der Waals surface area contributed by atoms with Crippen LogP contribution in [0.2, 0.25) is 0 Å². The van der Waals surface area contributed by atoms with Crippen molar-refractivity contribution in [3.8, 4) is 0 Å². The molecular formula is C31H55O6P. The zero-order valence-electron chi connectivity index (χ0n) is 24.7. The van der Waals surface area contributed by atoms with Gasteiger partial charge in [0.05, 0.1) is 32.5 Å². The molecule has 3 saturated carbocycles. The second kappa shape index (κ2) is 12.7. The summed E-state index contributed by atoms with van der Waals surface area (Å²) in [6.07, 6.45) is 17.4. The van der Waals surface area contributed by atoms with Crippen LogP contribution in [0.1, 0.15) is 105 Å². The summed E-state index contributed by atoms with van der Waals surface area (Å²) >= 11 is 0. The summed E-state index contributed by atoms with van der Waals surface area (Å²) in [4.78, 5) is 17.4. The lowest BCUT2D eigenvalue weighted by Crippen LogP contribution is -2.51. The number of ether oxygens (including phenoxy) is 2. The molecule has 6 nitrogen and oxygen atoms in total. The molecule has 4 aliphatic rings. The van der Waals surface area contributed by atoms with Crippen LogP contribution < -0.4 is 0 Å². The van der Waals surface area contributed by atoms with Crippen LogP contribution in [-0.4, -0.2) is 42.3 Å². The second-order valence-electron chi connectivity index (χ2n) is 14.0. The van der Waals surface area contributed by atoms with Crippen molar-refractivity contribution >= 4 is 7.82 Å². The van der Waals surface area contributed by atoms with Crippen LogP contribution in [0.3, 0.4) is 0 Å². The minimum Gasteiger partial charge on any atom is -0.377 e. The van der Waals surface area contributed by atoms with Crippen molar-refractivity contribution in [1.29, 1.82) is 0 Å². The summed E-state index contributed by atoms with van der Waals surface area (Å²) in [7, 11) is -4.42. The molecule has 0 aromatic rings. The number of fused-ring (bicyclic) bond motifs is 5. The number of phosphoric acid groups is 1. The first-order valence-corrected chi connectivity index (χ1v) is 17.1. The van der Waals surface area contributed by atoms with Crippen molar-refractivity contribution in [2.45, 2.75) is 111 Å². The Morgan fingerprint density at radius 2 is 1.74 bits per heavy atom. The van der Waals surface area contributed by atoms with Gasteiger partial charge < -0.3 is 19.3 Å². The van der Waals surface area contributed by atoms with Gasteiger partial charge in [0.15, 0.2) is 0 Å². The van der Waals surface area contributed by atoms with Gasteiger partial charge in [0, 0.05) is 0 Å². The topological polar surface area (TPSA) is 85.2 Å². The van der Waals surface area contributed by atoms with Gasteiger partial charge in [-0.05, 0) is 97.7 Å². The zero-order valence-corrected chi connectivity index (χ0v) is 25.6. The molecule has 0 heterocycles. The molecule has 38 heavy (non-hydrogen) atoms. The molecule has 8 atom stereocenters. The maximum Gasteiger partial charge on any atom is 0.469 e. The fourth-order valence-corrected chi connectivity index (χ4v) is 9.70. The summed E-state index contributed by atoms with van der Waals surface area (Å²) in [5, 5.41) is 0. The molecule has 1 unspecified atom stereocenters. The highest BCUT2D eigenvalue weighted by Crippen LogP contribution is 2.67. The maximum atomic E-state index is 10.7. The van der Waals surface area contributed by atoms with Gasteiger partial charge in [0.2, 0.25) is 0 Å². The third-order valence-electron chi connectivity index (χ3n) is 11.3. The van der Waals surface area contributed by atoms with Crippen LogP contribution in [0.25, 0.3) is 0 Å². The predicted molar refractivity (Wildman–Crippen MR) is 152 cm³/mol. The monoisotopic (exact) mass is 554 g/mol. The van der Waals surface area contributed by atoms with Crippen molar-refractivity contribution in [1.82, 2.24) is 0 Å². The van der Waals surface area contributed by atoms with Gasteiger partial charge in [-0.15, -0.1) is 0 Å². The minimum absolute atomic E-state index is 0.112. The molecule has 4 aliphatic carbocycles. The molecular weight excluding hydrogens is 499 g/mol. The molecule has 0 bridgehead atoms. The molecule has 0 aliphatic heterocycles. The van der Waals surface area contributed by atoms with E-state index in [2.05, 4.69) is 45.2 Å². The van der Waals surface area contributed by atoms with E-state index in [9.17, 15) is 4.57 Å². The fraction of sp³-hybridized carbons (Fsp3) is 0.935. The Morgan fingerprint density at radius 1 is 0.974 bits per heavy atom. The largest absolute Gasteiger partial charge is 0.469 e. The molecule has 0 aromatic heterocycles. The molecule has 4 rings (SSSR count). The normalized spacial score (nSPS) is 37.9. The highest BCUT2D eigenvalue weighted by Gasteiger charge is 2.59. The van der Waals surface area contributed by atoms with Gasteiger partial charge >= 0.3 is 7.82 Å². The van der Waals surface area contributed by atoms with Crippen LogP contribution in [0.15, 0.2) is 11.6 Å². The average molecular weight is 555 g/mol. The second-order valence-corrected chi connectivity index (χ2v) is 15.2. The molecule has 2 N–H and O–H groups in total. The first kappa shape index (κ1) is 30.7. The van der Waals surface area contributed by atoms with Gasteiger partial charge in [0.25, 0.3) is 0 Å². The Kier molecular flexibility index (Phi) is 10.3. The fourth-order valence-electron chi connectivity index (χ4n) is 9.39. The number of hydrogen-bond acceptors (Lipinski definition) is 4. The van der Waals surface area contributed by atoms with Crippen molar-refractivity contribution in [3.05, 3.63) is 11.6 Å². The Morgan fingerprint density at radius 3 is 2.47 bits per heavy atom. The van der Waals surface area contributed by atoms with E-state index in [0.29, 0.717) is 24.0 Å². The van der Waals surface area contributed by atoms with Crippen molar-refractivity contribution in [3.63, 3.8) is 0 Å². The van der Waals surface area contributed by atoms with Crippen LogP contribution in [0.4, 0.5) is 0 Å². The van der Waals surface area contributed by atoms with Crippen LogP contribution in [0, 0.1) is 46.3 Å². The van der Waals surface area contributed by atoms with Crippen molar-refractivity contribution < 1.29 is 28.3 Å². The Labute approximate surface area is 231 Å². The van der Waals surface area contributed by atoms with E-state index in [1.54, 1.807) is 5.57 Å². The van der Waals surface area contributed by atoms with Gasteiger partial charge in [-0.25, -0.2) is 4.57 Å². The van der Waals surface area contributed by atoms with Crippen LogP contribution in [0.5, 0.6) is 0 Å². The molecule has 3 fully saturated rings. The van der Waals surface area contributed by atoms with Gasteiger partial charge in [-0.2, -0.15) is 0 Å². The number of rotatable bonds is 13. The SMILES string of the molecule is CC(C)CCC[C@@H](C)C1CC[C@H]2[C@@H]3CC=C4C[C@@H](OCCOCCOP(=O)(O)O)CC[C@]4(C)[C@H]3CC[C@]12C. The van der Waals surface area contributed by atoms with Crippen molar-refractivity contribution in [2.24, 2.45) is 46.3 Å². The smallest absolute Gasteiger partial charge is 0.377 e. The van der Waals surface area contributed by atoms with E-state index in [-0.39, 0.29) is 19.3 Å². The lowest BCUT2D eigenvalue weighted by atomic mass is 9.47. The highest BCUT2D eigenvalue weighted by atomic mass is 31.2. The van der Waals surface area contributed by atoms with E-state index in [4.69, 9.17) is 19.3 Å². The third kappa shape index (κ3) is 6.97. The lowest BCUT2D eigenvalue weighted by molar-refractivity contribution is -0.0682. The molecule has 0 radical (unpaired) electrons. The van der Waals surface area contributed by atoms with Gasteiger partial charge in [-0.3, -0.25) is 4.52 Å². The lowest BCUT2D eigenvalue weighted by Gasteiger charge is -2.58. The number of hydrogen-bond donors (Lipinski definition) is 2. The molecule has 0 aromatic carbocycles. The van der Waals surface area contributed by atoms with E-state index in [1.807, 2.05) is 0 Å². The van der Waals surface area contributed by atoms with E-state index >= 15 is 0 Å². The summed E-state index contributed by atoms with van der Waals surface area (Å²) < 4.78 is 26.7. The summed E-state index contributed by atoms with van der Waals surface area (Å²) in [5.41, 5.74) is 2.52. The number of allylic oxidation sites excluding steroid dienone is 1. The van der Waals surface area contributed by atoms with Crippen molar-refractivity contribution in [2.75, 3.05) is 26.4 Å². The standard InChI is InChI=1S/C31H55O6P/c1-22(2)7-6-8-23(3)27-11-12-28-26-10-9-24-21-25(36-19-17-35-18-20-37-38(32,33)34)13-15-30(24,4)29(26)14-16-31(27,28)5/h9,22-23,25-29H,6-8,10-21H2,1-5H3,(H2,32,33,34)/t23-,25+,26+,27?,28+,29+,30+,31-/m1/s1. The average Bonchev–Trinajstić information content (AvgIpc) is 3.20. The zero-order chi connectivity index (χ0) is 27.6. The van der Waals surface area contributed by atoms with E-state index < -0.39 is 7.82 Å². The maximum absolute atomic E-state index is 10.7. The van der Waals surface area contributed by atoms with Gasteiger partial charge in [0.1, 0.15) is 0 Å². The van der Waals surface area contributed by atoms with E-state index in [1.165, 1.54) is 57.8 Å². The Balaban J connectivity index is 1.28. The molecule has 220 valence electrons. The summed E-state index contributed by atoms with van der Waals surface area (Å²) in [6, 6.07) is 0. The van der Waals surface area contributed by atoms with Crippen LogP contribution in [-0.2, 0) is 18.6 Å². The number of phosphoric ester groups is 1. The molecule has 0 amide bonds. The minimum atomic E-state index is -4.42.